The van der Waals surface area contributed by atoms with E-state index in [1.807, 2.05) is 32.0 Å². The lowest BCUT2D eigenvalue weighted by Gasteiger charge is -2.25. The van der Waals surface area contributed by atoms with Crippen molar-refractivity contribution in [3.05, 3.63) is 29.8 Å². The molecule has 1 unspecified atom stereocenters. The number of Topliss-reactive ketones (excluding diaryl/α,β-unsaturated/α-hetero) is 1. The Kier molecular flexibility index (Phi) is 4.37. The summed E-state index contributed by atoms with van der Waals surface area (Å²) < 4.78 is 10.9. The van der Waals surface area contributed by atoms with Crippen LogP contribution in [-0.4, -0.2) is 25.1 Å². The van der Waals surface area contributed by atoms with Crippen LogP contribution >= 0.6 is 0 Å². The third kappa shape index (κ3) is 3.33. The summed E-state index contributed by atoms with van der Waals surface area (Å²) in [5, 5.41) is 0. The van der Waals surface area contributed by atoms with Crippen LogP contribution < -0.4 is 4.74 Å². The molecule has 1 heterocycles. The summed E-state index contributed by atoms with van der Waals surface area (Å²) >= 11 is 0. The zero-order valence-electron chi connectivity index (χ0n) is 11.0. The number of ether oxygens (including phenoxy) is 2. The molecule has 0 radical (unpaired) electrons. The number of fused-ring (bicyclic) bond motifs is 1. The van der Waals surface area contributed by atoms with Crippen molar-refractivity contribution < 1.29 is 14.3 Å². The fraction of sp³-hybridized carbons (Fsp3) is 0.533. The molecule has 1 aliphatic rings. The Balaban J connectivity index is 1.96. The minimum Gasteiger partial charge on any atom is -0.493 e. The number of hydrogen-bond acceptors (Lipinski definition) is 3. The van der Waals surface area contributed by atoms with E-state index in [9.17, 15) is 4.79 Å². The predicted octanol–water partition coefficient (Wildman–Crippen LogP) is 2.94. The topological polar surface area (TPSA) is 35.5 Å². The lowest BCUT2D eigenvalue weighted by atomic mass is 9.89. The number of rotatable bonds is 5. The van der Waals surface area contributed by atoms with Gasteiger partial charge in [-0.25, -0.2) is 0 Å². The van der Waals surface area contributed by atoms with Crippen molar-refractivity contribution in [2.75, 3.05) is 13.2 Å². The van der Waals surface area contributed by atoms with Gasteiger partial charge in [-0.15, -0.1) is 0 Å². The van der Waals surface area contributed by atoms with Crippen LogP contribution in [0.25, 0.3) is 0 Å². The van der Waals surface area contributed by atoms with Gasteiger partial charge in [-0.05, 0) is 37.8 Å². The summed E-state index contributed by atoms with van der Waals surface area (Å²) in [6.07, 6.45) is 1.56. The van der Waals surface area contributed by atoms with E-state index in [1.165, 1.54) is 0 Å². The molecule has 0 N–H and O–H groups in total. The highest BCUT2D eigenvalue weighted by atomic mass is 16.5. The van der Waals surface area contributed by atoms with Crippen LogP contribution in [0.15, 0.2) is 24.3 Å². The lowest BCUT2D eigenvalue weighted by molar-refractivity contribution is -0.125. The largest absolute Gasteiger partial charge is 0.493 e. The molecule has 1 aromatic carbocycles. The summed E-state index contributed by atoms with van der Waals surface area (Å²) in [4.78, 5) is 11.9. The van der Waals surface area contributed by atoms with Crippen molar-refractivity contribution in [1.29, 1.82) is 0 Å². The molecule has 2 rings (SSSR count). The van der Waals surface area contributed by atoms with Gasteiger partial charge in [0.25, 0.3) is 0 Å². The van der Waals surface area contributed by atoms with Crippen molar-refractivity contribution in [3.63, 3.8) is 0 Å². The number of ketones is 1. The molecule has 0 bridgehead atoms. The van der Waals surface area contributed by atoms with Crippen molar-refractivity contribution in [1.82, 2.24) is 0 Å². The summed E-state index contributed by atoms with van der Waals surface area (Å²) in [7, 11) is 0. The summed E-state index contributed by atoms with van der Waals surface area (Å²) in [6.45, 7) is 4.80. The quantitative estimate of drug-likeness (QED) is 0.803. The molecule has 1 aliphatic heterocycles. The van der Waals surface area contributed by atoms with Gasteiger partial charge in [-0.1, -0.05) is 18.2 Å². The van der Waals surface area contributed by atoms with Crippen LogP contribution in [-0.2, 0) is 9.53 Å². The average molecular weight is 248 g/mol. The highest BCUT2D eigenvalue weighted by Crippen LogP contribution is 2.35. The first-order valence-corrected chi connectivity index (χ1v) is 6.52. The Labute approximate surface area is 108 Å². The van der Waals surface area contributed by atoms with Gasteiger partial charge in [-0.3, -0.25) is 4.79 Å². The van der Waals surface area contributed by atoms with Gasteiger partial charge in [0.05, 0.1) is 12.7 Å². The van der Waals surface area contributed by atoms with Gasteiger partial charge in [0.2, 0.25) is 0 Å². The average Bonchev–Trinajstić information content (AvgIpc) is 2.37. The van der Waals surface area contributed by atoms with Crippen molar-refractivity contribution in [2.45, 2.75) is 38.7 Å². The summed E-state index contributed by atoms with van der Waals surface area (Å²) in [6, 6.07) is 7.98. The molecule has 98 valence electrons. The van der Waals surface area contributed by atoms with Crippen LogP contribution in [0.2, 0.25) is 0 Å². The van der Waals surface area contributed by atoms with Gasteiger partial charge >= 0.3 is 0 Å². The minimum atomic E-state index is 0.107. The highest BCUT2D eigenvalue weighted by molar-refractivity contribution is 5.80. The first-order valence-electron chi connectivity index (χ1n) is 6.52. The van der Waals surface area contributed by atoms with Crippen LogP contribution in [0.4, 0.5) is 0 Å². The maximum absolute atomic E-state index is 11.9. The molecule has 0 aromatic heterocycles. The van der Waals surface area contributed by atoms with Crippen LogP contribution in [0.3, 0.4) is 0 Å². The molecule has 0 amide bonds. The number of hydrogen-bond donors (Lipinski definition) is 0. The van der Waals surface area contributed by atoms with E-state index in [4.69, 9.17) is 9.47 Å². The van der Waals surface area contributed by atoms with E-state index in [-0.39, 0.29) is 24.4 Å². The number of para-hydroxylation sites is 1. The molecule has 0 aliphatic carbocycles. The summed E-state index contributed by atoms with van der Waals surface area (Å²) in [5.41, 5.74) is 1.15. The van der Waals surface area contributed by atoms with Gasteiger partial charge < -0.3 is 9.47 Å². The van der Waals surface area contributed by atoms with Crippen molar-refractivity contribution in [3.8, 4) is 5.75 Å². The number of carbonyl (C=O) groups excluding carboxylic acids is 1. The van der Waals surface area contributed by atoms with E-state index < -0.39 is 0 Å². The second-order valence-corrected chi connectivity index (χ2v) is 4.97. The predicted molar refractivity (Wildman–Crippen MR) is 70.0 cm³/mol. The molecule has 0 saturated carbocycles. The molecule has 0 spiro atoms. The maximum Gasteiger partial charge on any atom is 0.159 e. The van der Waals surface area contributed by atoms with Crippen molar-refractivity contribution >= 4 is 5.78 Å². The zero-order chi connectivity index (χ0) is 13.0. The molecular formula is C15H20O3. The SMILES string of the molecule is CC(C)OCC(=O)CC1CCOc2ccccc21. The molecule has 1 aromatic rings. The van der Waals surface area contributed by atoms with Gasteiger partial charge in [0.1, 0.15) is 12.4 Å². The monoisotopic (exact) mass is 248 g/mol. The fourth-order valence-electron chi connectivity index (χ4n) is 2.22. The first-order chi connectivity index (χ1) is 8.66. The third-order valence-electron chi connectivity index (χ3n) is 3.13. The van der Waals surface area contributed by atoms with Crippen LogP contribution in [0.1, 0.15) is 38.2 Å². The Morgan fingerprint density at radius 3 is 3.00 bits per heavy atom. The smallest absolute Gasteiger partial charge is 0.159 e. The Hall–Kier alpha value is -1.35. The van der Waals surface area contributed by atoms with Crippen molar-refractivity contribution in [2.24, 2.45) is 0 Å². The minimum absolute atomic E-state index is 0.107. The normalized spacial score (nSPS) is 18.3. The Morgan fingerprint density at radius 1 is 1.44 bits per heavy atom. The second-order valence-electron chi connectivity index (χ2n) is 4.97. The lowest BCUT2D eigenvalue weighted by Crippen LogP contribution is -2.20. The highest BCUT2D eigenvalue weighted by Gasteiger charge is 2.23. The molecule has 1 atom stereocenters. The van der Waals surface area contributed by atoms with E-state index in [1.54, 1.807) is 0 Å². The van der Waals surface area contributed by atoms with Gasteiger partial charge in [0.15, 0.2) is 5.78 Å². The third-order valence-corrected chi connectivity index (χ3v) is 3.13. The molecule has 0 fully saturated rings. The zero-order valence-corrected chi connectivity index (χ0v) is 11.0. The number of benzene rings is 1. The van der Waals surface area contributed by atoms with Crippen LogP contribution in [0, 0.1) is 0 Å². The van der Waals surface area contributed by atoms with E-state index in [0.717, 1.165) is 17.7 Å². The van der Waals surface area contributed by atoms with Gasteiger partial charge in [0, 0.05) is 6.42 Å². The van der Waals surface area contributed by atoms with E-state index in [0.29, 0.717) is 13.0 Å². The maximum atomic E-state index is 11.9. The molecule has 3 nitrogen and oxygen atoms in total. The Morgan fingerprint density at radius 2 is 2.22 bits per heavy atom. The first kappa shape index (κ1) is 13.1. The number of carbonyl (C=O) groups is 1. The van der Waals surface area contributed by atoms with E-state index in [2.05, 4.69) is 6.07 Å². The van der Waals surface area contributed by atoms with E-state index >= 15 is 0 Å². The molecule has 3 heteroatoms. The molecular weight excluding hydrogens is 228 g/mol. The van der Waals surface area contributed by atoms with Crippen LogP contribution in [0.5, 0.6) is 5.75 Å². The fourth-order valence-corrected chi connectivity index (χ4v) is 2.22. The molecule has 0 saturated heterocycles. The molecule has 18 heavy (non-hydrogen) atoms. The van der Waals surface area contributed by atoms with Gasteiger partial charge in [-0.2, -0.15) is 0 Å². The summed E-state index contributed by atoms with van der Waals surface area (Å²) in [5.74, 6) is 1.37. The second kappa shape index (κ2) is 6.01. The Bertz CT molecular complexity index is 412. The standard InChI is InChI=1S/C15H20O3/c1-11(2)18-10-13(16)9-12-7-8-17-15-6-4-3-5-14(12)15/h3-6,11-12H,7-10H2,1-2H3.